The molecule has 29 heavy (non-hydrogen) atoms. The van der Waals surface area contributed by atoms with E-state index in [1.807, 2.05) is 20.0 Å². The largest absolute Gasteiger partial charge is 0.496 e. The summed E-state index contributed by atoms with van der Waals surface area (Å²) in [7, 11) is -2.03. The fraction of sp³-hybridized carbons (Fsp3) is 0.500. The highest BCUT2D eigenvalue weighted by Crippen LogP contribution is 2.30. The second-order valence-electron chi connectivity index (χ2n) is 7.42. The fourth-order valence-electron chi connectivity index (χ4n) is 3.92. The number of anilines is 1. The van der Waals surface area contributed by atoms with Crippen LogP contribution in [0.4, 0.5) is 5.95 Å². The lowest BCUT2D eigenvalue weighted by molar-refractivity contribution is 0.122. The summed E-state index contributed by atoms with van der Waals surface area (Å²) in [6, 6.07) is 3.35. The van der Waals surface area contributed by atoms with E-state index in [9.17, 15) is 8.42 Å². The van der Waals surface area contributed by atoms with E-state index in [2.05, 4.69) is 9.88 Å². The molecule has 2 aliphatic heterocycles. The van der Waals surface area contributed by atoms with Crippen molar-refractivity contribution in [2.45, 2.75) is 31.7 Å². The van der Waals surface area contributed by atoms with Crippen LogP contribution in [0.5, 0.6) is 5.75 Å². The van der Waals surface area contributed by atoms with Gasteiger partial charge in [-0.3, -0.25) is 0 Å². The molecule has 156 valence electrons. The zero-order valence-electron chi connectivity index (χ0n) is 17.0. The van der Waals surface area contributed by atoms with Crippen LogP contribution in [0.3, 0.4) is 0 Å². The van der Waals surface area contributed by atoms with Crippen molar-refractivity contribution in [3.05, 3.63) is 40.7 Å². The number of nitrogens with zero attached hydrogens (tertiary/aromatic N) is 4. The normalized spacial score (nSPS) is 17.8. The summed E-state index contributed by atoms with van der Waals surface area (Å²) in [4.78, 5) is 11.5. The van der Waals surface area contributed by atoms with Crippen molar-refractivity contribution in [3.63, 3.8) is 0 Å². The van der Waals surface area contributed by atoms with E-state index in [0.717, 1.165) is 41.2 Å². The summed E-state index contributed by atoms with van der Waals surface area (Å²) in [5, 5.41) is 0. The van der Waals surface area contributed by atoms with Gasteiger partial charge >= 0.3 is 0 Å². The molecule has 0 spiro atoms. The first-order valence-corrected chi connectivity index (χ1v) is 11.2. The molecule has 2 aliphatic rings. The number of fused-ring (bicyclic) bond motifs is 1. The van der Waals surface area contributed by atoms with Gasteiger partial charge in [0.25, 0.3) is 0 Å². The molecule has 0 amide bonds. The minimum absolute atomic E-state index is 0.252. The molecule has 0 bridgehead atoms. The number of methoxy groups -OCH3 is 1. The summed E-state index contributed by atoms with van der Waals surface area (Å²) in [6.45, 7) is 7.17. The van der Waals surface area contributed by atoms with Crippen LogP contribution in [0.25, 0.3) is 0 Å². The van der Waals surface area contributed by atoms with E-state index in [4.69, 9.17) is 14.5 Å². The van der Waals surface area contributed by atoms with E-state index in [0.29, 0.717) is 37.0 Å². The Morgan fingerprint density at radius 1 is 1.10 bits per heavy atom. The first kappa shape index (κ1) is 20.1. The number of aryl methyl sites for hydroxylation is 2. The maximum Gasteiger partial charge on any atom is 0.243 e. The summed E-state index contributed by atoms with van der Waals surface area (Å²) < 4.78 is 38.9. The quantitative estimate of drug-likeness (QED) is 0.747. The maximum atomic E-state index is 13.3. The Morgan fingerprint density at radius 3 is 2.45 bits per heavy atom. The molecule has 0 aliphatic carbocycles. The summed E-state index contributed by atoms with van der Waals surface area (Å²) >= 11 is 0. The molecule has 2 aromatic rings. The van der Waals surface area contributed by atoms with Crippen LogP contribution in [0, 0.1) is 13.8 Å². The van der Waals surface area contributed by atoms with Crippen molar-refractivity contribution in [2.24, 2.45) is 0 Å². The van der Waals surface area contributed by atoms with Crippen LogP contribution in [-0.2, 0) is 27.7 Å². The standard InChI is InChI=1S/C20H26N4O4S/c1-14-10-17(11-15(2)19(14)27-3)29(25,26)24-5-4-16-12-21-20(22-18(16)13-24)23-6-8-28-9-7-23/h10-12H,4-9,13H2,1-3H3. The highest BCUT2D eigenvalue weighted by Gasteiger charge is 2.30. The SMILES string of the molecule is COc1c(C)cc(S(=O)(=O)N2CCc3cnc(N4CCOCC4)nc3C2)cc1C. The first-order chi connectivity index (χ1) is 13.9. The Morgan fingerprint density at radius 2 is 1.79 bits per heavy atom. The fourth-order valence-corrected chi connectivity index (χ4v) is 5.49. The van der Waals surface area contributed by atoms with Gasteiger partial charge in [0, 0.05) is 25.8 Å². The molecule has 9 heteroatoms. The molecule has 1 aromatic heterocycles. The molecule has 1 fully saturated rings. The van der Waals surface area contributed by atoms with E-state index < -0.39 is 10.0 Å². The summed E-state index contributed by atoms with van der Waals surface area (Å²) in [5.74, 6) is 1.36. The molecule has 0 N–H and O–H groups in total. The van der Waals surface area contributed by atoms with Gasteiger partial charge in [0.2, 0.25) is 16.0 Å². The second kappa shape index (κ2) is 7.89. The number of hydrogen-bond acceptors (Lipinski definition) is 7. The Bertz CT molecular complexity index is 996. The number of benzene rings is 1. The number of morpholine rings is 1. The summed E-state index contributed by atoms with van der Waals surface area (Å²) in [5.41, 5.74) is 3.40. The van der Waals surface area contributed by atoms with Crippen molar-refractivity contribution in [2.75, 3.05) is 44.9 Å². The number of sulfonamides is 1. The predicted molar refractivity (Wildman–Crippen MR) is 109 cm³/mol. The third-order valence-electron chi connectivity index (χ3n) is 5.47. The van der Waals surface area contributed by atoms with Crippen LogP contribution in [0.1, 0.15) is 22.4 Å². The lowest BCUT2D eigenvalue weighted by atomic mass is 10.1. The number of hydrogen-bond donors (Lipinski definition) is 0. The molecule has 0 saturated carbocycles. The average molecular weight is 419 g/mol. The van der Waals surface area contributed by atoms with Crippen LogP contribution in [0.15, 0.2) is 23.2 Å². The molecule has 0 unspecified atom stereocenters. The van der Waals surface area contributed by atoms with E-state index >= 15 is 0 Å². The smallest absolute Gasteiger partial charge is 0.243 e. The van der Waals surface area contributed by atoms with Gasteiger partial charge in [0.15, 0.2) is 0 Å². The highest BCUT2D eigenvalue weighted by atomic mass is 32.2. The lowest BCUT2D eigenvalue weighted by Crippen LogP contribution is -2.39. The molecule has 0 atom stereocenters. The molecule has 3 heterocycles. The Kier molecular flexibility index (Phi) is 5.46. The van der Waals surface area contributed by atoms with Gasteiger partial charge in [-0.25, -0.2) is 18.4 Å². The van der Waals surface area contributed by atoms with Gasteiger partial charge in [-0.1, -0.05) is 0 Å². The minimum Gasteiger partial charge on any atom is -0.496 e. The molecular formula is C20H26N4O4S. The number of rotatable bonds is 4. The van der Waals surface area contributed by atoms with Gasteiger partial charge in [-0.05, 0) is 49.1 Å². The van der Waals surface area contributed by atoms with Crippen LogP contribution < -0.4 is 9.64 Å². The maximum absolute atomic E-state index is 13.3. The molecule has 1 saturated heterocycles. The van der Waals surface area contributed by atoms with Gasteiger partial charge in [-0.2, -0.15) is 4.31 Å². The monoisotopic (exact) mass is 418 g/mol. The third kappa shape index (κ3) is 3.82. The van der Waals surface area contributed by atoms with Gasteiger partial charge in [0.05, 0.1) is 37.5 Å². The zero-order valence-corrected chi connectivity index (χ0v) is 17.8. The minimum atomic E-state index is -3.63. The van der Waals surface area contributed by atoms with Gasteiger partial charge in [0.1, 0.15) is 5.75 Å². The van der Waals surface area contributed by atoms with Crippen LogP contribution in [-0.4, -0.2) is 62.6 Å². The van der Waals surface area contributed by atoms with Crippen LogP contribution >= 0.6 is 0 Å². The van der Waals surface area contributed by atoms with Gasteiger partial charge < -0.3 is 14.4 Å². The summed E-state index contributed by atoms with van der Waals surface area (Å²) in [6.07, 6.45) is 2.44. The first-order valence-electron chi connectivity index (χ1n) is 9.73. The average Bonchev–Trinajstić information content (AvgIpc) is 2.73. The molecule has 4 rings (SSSR count). The molecular weight excluding hydrogens is 392 g/mol. The topological polar surface area (TPSA) is 84.9 Å². The highest BCUT2D eigenvalue weighted by molar-refractivity contribution is 7.89. The Hall–Kier alpha value is -2.23. The van der Waals surface area contributed by atoms with E-state index in [-0.39, 0.29) is 6.54 Å². The van der Waals surface area contributed by atoms with Crippen molar-refractivity contribution in [1.29, 1.82) is 0 Å². The molecule has 8 nitrogen and oxygen atoms in total. The van der Waals surface area contributed by atoms with Gasteiger partial charge in [-0.15, -0.1) is 0 Å². The van der Waals surface area contributed by atoms with Crippen molar-refractivity contribution in [1.82, 2.24) is 14.3 Å². The van der Waals surface area contributed by atoms with Crippen molar-refractivity contribution in [3.8, 4) is 5.75 Å². The van der Waals surface area contributed by atoms with Crippen molar-refractivity contribution >= 4 is 16.0 Å². The Labute approximate surface area is 171 Å². The Balaban J connectivity index is 1.61. The lowest BCUT2D eigenvalue weighted by Gasteiger charge is -2.30. The molecule has 0 radical (unpaired) electrons. The van der Waals surface area contributed by atoms with Crippen molar-refractivity contribution < 1.29 is 17.9 Å². The third-order valence-corrected chi connectivity index (χ3v) is 7.29. The predicted octanol–water partition coefficient (Wildman–Crippen LogP) is 1.69. The van der Waals surface area contributed by atoms with Crippen LogP contribution in [0.2, 0.25) is 0 Å². The van der Waals surface area contributed by atoms with E-state index in [1.54, 1.807) is 19.2 Å². The van der Waals surface area contributed by atoms with E-state index in [1.165, 1.54) is 4.31 Å². The zero-order chi connectivity index (χ0) is 20.6. The molecule has 1 aromatic carbocycles. The number of ether oxygens (including phenoxy) is 2. The second-order valence-corrected chi connectivity index (χ2v) is 9.36. The number of aromatic nitrogens is 2.